The first-order valence-corrected chi connectivity index (χ1v) is 9.09. The van der Waals surface area contributed by atoms with Gasteiger partial charge in [0.15, 0.2) is 11.0 Å². The molecule has 0 radical (unpaired) electrons. The molecular weight excluding hydrogens is 402 g/mol. The summed E-state index contributed by atoms with van der Waals surface area (Å²) in [6, 6.07) is 7.90. The fraction of sp³-hybridized carbons (Fsp3) is 0.333. The molecular formula is C12H14ClF7N3OP. The molecule has 0 aliphatic heterocycles. The predicted octanol–water partition coefficient (Wildman–Crippen LogP) is 4.57. The Hall–Kier alpha value is -1.61. The number of aromatic nitrogens is 2. The van der Waals surface area contributed by atoms with Crippen molar-refractivity contribution in [3.8, 4) is 0 Å². The number of carbonyl (C=O) groups excluding carboxylic acids is 1. The number of carbonyl (C=O) groups is 1. The summed E-state index contributed by atoms with van der Waals surface area (Å²) in [6.07, 6.45) is 0.584. The predicted molar refractivity (Wildman–Crippen MR) is 80.5 cm³/mol. The molecule has 1 aromatic carbocycles. The molecule has 0 saturated carbocycles. The number of halogens is 8. The minimum absolute atomic E-state index is 0.340. The van der Waals surface area contributed by atoms with E-state index in [1.807, 2.05) is 35.9 Å². The minimum atomic E-state index is -10.7. The summed E-state index contributed by atoms with van der Waals surface area (Å²) in [5.74, 6) is 0.164. The van der Waals surface area contributed by atoms with Crippen LogP contribution in [0.15, 0.2) is 24.3 Å². The summed E-state index contributed by atoms with van der Waals surface area (Å²) in [5.41, 5.74) is 0.128. The third kappa shape index (κ3) is 9.45. The van der Waals surface area contributed by atoms with E-state index in [4.69, 9.17) is 11.6 Å². The zero-order valence-corrected chi connectivity index (χ0v) is 14.3. The molecule has 2 aromatic rings. The Morgan fingerprint density at radius 1 is 1.24 bits per heavy atom. The molecule has 144 valence electrons. The normalized spacial score (nSPS) is 15.6. The summed E-state index contributed by atoms with van der Waals surface area (Å²) in [4.78, 5) is 14.2. The van der Waals surface area contributed by atoms with Crippen molar-refractivity contribution in [3.05, 3.63) is 30.1 Å². The summed E-state index contributed by atoms with van der Waals surface area (Å²) < 4.78 is 73.6. The van der Waals surface area contributed by atoms with E-state index >= 15 is 0 Å². The molecule has 1 amide bonds. The van der Waals surface area contributed by atoms with Gasteiger partial charge in [0.2, 0.25) is 0 Å². The third-order valence-corrected chi connectivity index (χ3v) is 3.01. The van der Waals surface area contributed by atoms with Crippen LogP contribution in [0.3, 0.4) is 0 Å². The van der Waals surface area contributed by atoms with Crippen LogP contribution >= 0.6 is 19.4 Å². The molecule has 1 atom stereocenters. The second kappa shape index (κ2) is 6.60. The number of hydrogen-bond acceptors (Lipinski definition) is 1. The number of imidazole rings is 1. The first-order valence-electron chi connectivity index (χ1n) is 6.62. The number of nitrogens with one attached hydrogen (secondary N) is 2. The molecule has 1 unspecified atom stereocenters. The van der Waals surface area contributed by atoms with Crippen LogP contribution in [0.25, 0.3) is 11.0 Å². The van der Waals surface area contributed by atoms with E-state index in [2.05, 4.69) is 10.3 Å². The molecule has 0 aliphatic carbocycles. The number of rotatable bonds is 4. The number of nitrogens with zero attached hydrogens (tertiary/aromatic N) is 1. The van der Waals surface area contributed by atoms with Gasteiger partial charge < -0.3 is 5.32 Å². The number of benzene rings is 1. The van der Waals surface area contributed by atoms with E-state index < -0.39 is 19.3 Å². The number of amides is 1. The number of hydrogen-bond donors (Lipinski definition) is 2. The molecule has 0 spiro atoms. The van der Waals surface area contributed by atoms with Gasteiger partial charge in [-0.2, -0.15) is 0 Å². The van der Waals surface area contributed by atoms with Gasteiger partial charge in [-0.15, -0.1) is 0 Å². The van der Waals surface area contributed by atoms with Gasteiger partial charge in [-0.1, -0.05) is 23.7 Å². The quantitative estimate of drug-likeness (QED) is 0.327. The molecule has 2 N–H and O–H groups in total. The standard InChI is InChI=1S/C12H13ClFN3O.F6P/c1-17-9-5-3-2-4-8(9)16-10(17)6-7-15-12(18)11(13)14;1-7(2,3,4,5)6/h2-5,11H,6-7H2,1H3,(H,15,18);/q;-1/p+1. The van der Waals surface area contributed by atoms with Crippen LogP contribution in [0.2, 0.25) is 0 Å². The Labute approximate surface area is 142 Å². The van der Waals surface area contributed by atoms with Gasteiger partial charge in [-0.05, 0) is 12.1 Å². The number of aromatic amines is 1. The first kappa shape index (κ1) is 21.4. The SMILES string of the molecule is C[n+]1c(CCNC(=O)C(F)Cl)[nH]c2ccccc21.F[P-](F)(F)(F)(F)F. The van der Waals surface area contributed by atoms with E-state index in [9.17, 15) is 34.4 Å². The van der Waals surface area contributed by atoms with Crippen LogP contribution in [-0.2, 0) is 18.3 Å². The van der Waals surface area contributed by atoms with Gasteiger partial charge in [0, 0.05) is 6.54 Å². The number of alkyl halides is 2. The van der Waals surface area contributed by atoms with E-state index in [0.717, 1.165) is 16.9 Å². The fourth-order valence-corrected chi connectivity index (χ4v) is 1.95. The Morgan fingerprint density at radius 3 is 2.24 bits per heavy atom. The van der Waals surface area contributed by atoms with E-state index in [1.54, 1.807) is 0 Å². The second-order valence-electron chi connectivity index (χ2n) is 4.95. The van der Waals surface area contributed by atoms with Gasteiger partial charge in [0.05, 0.1) is 13.5 Å². The van der Waals surface area contributed by atoms with Gasteiger partial charge in [0.1, 0.15) is 0 Å². The molecule has 2 rings (SSSR count). The maximum absolute atomic E-state index is 12.4. The van der Waals surface area contributed by atoms with Crippen molar-refractivity contribution in [3.63, 3.8) is 0 Å². The molecule has 0 aliphatic rings. The molecule has 4 nitrogen and oxygen atoms in total. The van der Waals surface area contributed by atoms with E-state index in [1.165, 1.54) is 0 Å². The van der Waals surface area contributed by atoms with Crippen molar-refractivity contribution >= 4 is 36.4 Å². The number of fused-ring (bicyclic) bond motifs is 1. The average Bonchev–Trinajstić information content (AvgIpc) is 2.72. The summed E-state index contributed by atoms with van der Waals surface area (Å²) in [5, 5.41) is 2.42. The molecule has 0 fully saturated rings. The molecule has 0 saturated heterocycles. The summed E-state index contributed by atoms with van der Waals surface area (Å²) >= 11 is 5.01. The first-order chi connectivity index (χ1) is 11.0. The molecule has 25 heavy (non-hydrogen) atoms. The monoisotopic (exact) mass is 415 g/mol. The van der Waals surface area contributed by atoms with Gasteiger partial charge in [0.25, 0.3) is 17.4 Å². The van der Waals surface area contributed by atoms with Crippen LogP contribution in [0.5, 0.6) is 0 Å². The number of aryl methyl sites for hydroxylation is 1. The van der Waals surface area contributed by atoms with Crippen molar-refractivity contribution < 1.29 is 38.9 Å². The molecule has 0 bridgehead atoms. The van der Waals surface area contributed by atoms with Gasteiger partial charge in [-0.3, -0.25) is 4.79 Å². The van der Waals surface area contributed by atoms with Crippen molar-refractivity contribution in [1.29, 1.82) is 0 Å². The fourth-order valence-electron chi connectivity index (χ4n) is 1.87. The molecule has 1 heterocycles. The second-order valence-corrected chi connectivity index (χ2v) is 7.25. The topological polar surface area (TPSA) is 48.8 Å². The van der Waals surface area contributed by atoms with Crippen molar-refractivity contribution in [1.82, 2.24) is 10.3 Å². The molecule has 13 heteroatoms. The summed E-state index contributed by atoms with van der Waals surface area (Å²) in [6.45, 7) is 0.340. The Balaban J connectivity index is 0.000000381. The van der Waals surface area contributed by atoms with Crippen LogP contribution < -0.4 is 9.88 Å². The maximum atomic E-state index is 12.4. The van der Waals surface area contributed by atoms with Crippen LogP contribution in [-0.4, -0.2) is 23.1 Å². The Morgan fingerprint density at radius 2 is 1.76 bits per heavy atom. The summed E-state index contributed by atoms with van der Waals surface area (Å²) in [7, 11) is -8.72. The molecule has 1 aromatic heterocycles. The van der Waals surface area contributed by atoms with E-state index in [-0.39, 0.29) is 0 Å². The van der Waals surface area contributed by atoms with Gasteiger partial charge in [-0.25, -0.2) is 13.9 Å². The van der Waals surface area contributed by atoms with Gasteiger partial charge >= 0.3 is 33.0 Å². The Bertz CT molecular complexity index is 750. The van der Waals surface area contributed by atoms with Crippen LogP contribution in [0.1, 0.15) is 5.82 Å². The third-order valence-electron chi connectivity index (χ3n) is 2.81. The van der Waals surface area contributed by atoms with Crippen molar-refractivity contribution in [2.45, 2.75) is 12.1 Å². The zero-order chi connectivity index (χ0) is 19.5. The van der Waals surface area contributed by atoms with Crippen LogP contribution in [0, 0.1) is 0 Å². The number of para-hydroxylation sites is 2. The average molecular weight is 416 g/mol. The number of H-pyrrole nitrogens is 1. The van der Waals surface area contributed by atoms with Crippen LogP contribution in [0.4, 0.5) is 29.6 Å². The van der Waals surface area contributed by atoms with E-state index in [0.29, 0.717) is 13.0 Å². The van der Waals surface area contributed by atoms with Crippen molar-refractivity contribution in [2.75, 3.05) is 6.54 Å². The Kier molecular flexibility index (Phi) is 5.66. The zero-order valence-electron chi connectivity index (χ0n) is 12.6. The van der Waals surface area contributed by atoms with Crippen molar-refractivity contribution in [2.24, 2.45) is 7.05 Å².